The molecule has 0 bridgehead atoms. The second kappa shape index (κ2) is 12.6. The molecule has 1 saturated carbocycles. The average Bonchev–Trinajstić information content (AvgIpc) is 3.36. The van der Waals surface area contributed by atoms with Crippen LogP contribution in [0.3, 0.4) is 0 Å². The number of halogens is 2. The van der Waals surface area contributed by atoms with E-state index in [0.717, 1.165) is 6.42 Å². The summed E-state index contributed by atoms with van der Waals surface area (Å²) in [6, 6.07) is 25.1. The molecule has 0 amide bonds. The summed E-state index contributed by atoms with van der Waals surface area (Å²) >= 11 is 2.23. The minimum Gasteiger partial charge on any atom is -0.214 e. The quantitative estimate of drug-likeness (QED) is 0.248. The number of benzene rings is 2. The van der Waals surface area contributed by atoms with E-state index in [1.807, 2.05) is 30.3 Å². The molecule has 0 nitrogen and oxygen atoms in total. The molecule has 0 N–H and O–H groups in total. The van der Waals surface area contributed by atoms with Crippen LogP contribution in [-0.4, -0.2) is 3.81 Å². The standard InChI is InChI=1S/C21H25.C5H5.C4H6.2ClH.Ti/c1-20(2,3)16-9-7-14-11-15-8-10-17(21(4,5)6)13-19(15)18(14)12-16;1-2-4-5-3-1;1-2-4-3-1;;;/h7,9-10,12-13H,11H2,1-6H3;1-5H;1-3H2;2*1H;/q2*-1;;;;+2/p-2. The molecule has 2 aliphatic carbocycles. The molecule has 33 heavy (non-hydrogen) atoms. The van der Waals surface area contributed by atoms with E-state index < -0.39 is 0 Å². The molecule has 0 aromatic heterocycles. The van der Waals surface area contributed by atoms with Gasteiger partial charge in [-0.25, -0.2) is 12.1 Å². The molecule has 0 saturated heterocycles. The summed E-state index contributed by atoms with van der Waals surface area (Å²) in [7, 11) is 0. The maximum Gasteiger partial charge on any atom is -0.172 e. The van der Waals surface area contributed by atoms with Crippen LogP contribution in [-0.2, 0) is 37.2 Å². The van der Waals surface area contributed by atoms with Crippen molar-refractivity contribution < 1.29 is 44.8 Å². The fourth-order valence-electron chi connectivity index (χ4n) is 3.66. The molecule has 0 spiro atoms. The SMILES string of the molecule is CC(C)(C)c1c[c-]c2c(c1)-c1cc(C(C)(C)C)ccc1C2.[Cl-].[Cl-].[Ti+2]=[C]1CCC1.c1cc[cH-]c1. The van der Waals surface area contributed by atoms with Crippen molar-refractivity contribution in [3.05, 3.63) is 89.0 Å². The van der Waals surface area contributed by atoms with Crippen molar-refractivity contribution in [2.45, 2.75) is 78.1 Å². The first kappa shape index (κ1) is 30.0. The van der Waals surface area contributed by atoms with E-state index >= 15 is 0 Å². The summed E-state index contributed by atoms with van der Waals surface area (Å²) in [6.07, 6.45) is 5.28. The summed E-state index contributed by atoms with van der Waals surface area (Å²) in [5.74, 6) is 0. The van der Waals surface area contributed by atoms with Crippen molar-refractivity contribution in [1.82, 2.24) is 0 Å². The third-order valence-electron chi connectivity index (χ3n) is 6.04. The van der Waals surface area contributed by atoms with Gasteiger partial charge in [0.2, 0.25) is 0 Å². The fraction of sp³-hybridized carbons (Fsp3) is 0.400. The molecular weight excluding hydrogens is 479 g/mol. The normalized spacial score (nSPS) is 13.5. The zero-order valence-electron chi connectivity index (χ0n) is 20.9. The van der Waals surface area contributed by atoms with Crippen LogP contribution in [0.4, 0.5) is 0 Å². The van der Waals surface area contributed by atoms with E-state index in [4.69, 9.17) is 0 Å². The van der Waals surface area contributed by atoms with Gasteiger partial charge in [-0.1, -0.05) is 76.3 Å². The van der Waals surface area contributed by atoms with E-state index in [0.29, 0.717) is 0 Å². The largest absolute Gasteiger partial charge is 0.214 e. The van der Waals surface area contributed by atoms with Crippen LogP contribution in [0.25, 0.3) is 11.1 Å². The van der Waals surface area contributed by atoms with Crippen molar-refractivity contribution in [3.8, 4) is 11.1 Å². The van der Waals surface area contributed by atoms with Crippen molar-refractivity contribution >= 4 is 3.81 Å². The molecule has 0 atom stereocenters. The van der Waals surface area contributed by atoms with Gasteiger partial charge < -0.3 is 24.8 Å². The summed E-state index contributed by atoms with van der Waals surface area (Å²) in [5.41, 5.74) is 8.76. The first-order valence-electron chi connectivity index (χ1n) is 11.5. The van der Waals surface area contributed by atoms with Crippen molar-refractivity contribution in [1.29, 1.82) is 0 Å². The van der Waals surface area contributed by atoms with E-state index in [1.54, 1.807) is 3.81 Å². The maximum absolute atomic E-state index is 3.53. The molecule has 176 valence electrons. The van der Waals surface area contributed by atoms with Gasteiger partial charge in [-0.3, -0.25) is 0 Å². The monoisotopic (exact) mass is 514 g/mol. The molecule has 0 aliphatic heterocycles. The van der Waals surface area contributed by atoms with Gasteiger partial charge in [0.25, 0.3) is 0 Å². The van der Waals surface area contributed by atoms with Crippen LogP contribution in [0.2, 0.25) is 0 Å². The summed E-state index contributed by atoms with van der Waals surface area (Å²) in [4.78, 5) is 0. The number of fused-ring (bicyclic) bond motifs is 3. The fourth-order valence-corrected chi connectivity index (χ4v) is 4.21. The van der Waals surface area contributed by atoms with E-state index in [2.05, 4.69) is 97.9 Å². The summed E-state index contributed by atoms with van der Waals surface area (Å²) in [5, 5.41) is 0. The smallest absolute Gasteiger partial charge is 0.172 e. The summed E-state index contributed by atoms with van der Waals surface area (Å²) < 4.78 is 1.69. The van der Waals surface area contributed by atoms with E-state index in [9.17, 15) is 0 Å². The molecular formula is C30H36Cl2Ti-2. The number of hydrogen-bond acceptors (Lipinski definition) is 0. The van der Waals surface area contributed by atoms with Crippen LogP contribution in [0.1, 0.15) is 83.1 Å². The average molecular weight is 515 g/mol. The molecule has 0 unspecified atom stereocenters. The first-order valence-corrected chi connectivity index (χ1v) is 12.3. The Labute approximate surface area is 225 Å². The van der Waals surface area contributed by atoms with E-state index in [-0.39, 0.29) is 35.6 Å². The zero-order valence-corrected chi connectivity index (χ0v) is 23.9. The van der Waals surface area contributed by atoms with Gasteiger partial charge in [-0.15, -0.1) is 5.56 Å². The van der Waals surface area contributed by atoms with Gasteiger partial charge in [0.15, 0.2) is 0 Å². The number of hydrogen-bond donors (Lipinski definition) is 0. The Kier molecular flexibility index (Phi) is 11.4. The predicted octanol–water partition coefficient (Wildman–Crippen LogP) is 1.96. The minimum absolute atomic E-state index is 0. The topological polar surface area (TPSA) is 0 Å². The van der Waals surface area contributed by atoms with Crippen molar-refractivity contribution in [3.63, 3.8) is 0 Å². The van der Waals surface area contributed by atoms with Gasteiger partial charge in [-0.2, -0.15) is 47.5 Å². The Morgan fingerprint density at radius 3 is 1.79 bits per heavy atom. The zero-order chi connectivity index (χ0) is 22.6. The van der Waals surface area contributed by atoms with Gasteiger partial charge in [0.1, 0.15) is 0 Å². The molecule has 1 fully saturated rings. The Morgan fingerprint density at radius 1 is 0.818 bits per heavy atom. The molecule has 0 radical (unpaired) electrons. The van der Waals surface area contributed by atoms with Crippen LogP contribution in [0.5, 0.6) is 0 Å². The molecule has 3 heteroatoms. The summed E-state index contributed by atoms with van der Waals surface area (Å²) in [6.45, 7) is 13.6. The van der Waals surface area contributed by atoms with Crippen LogP contribution in [0.15, 0.2) is 60.7 Å². The number of rotatable bonds is 0. The van der Waals surface area contributed by atoms with Gasteiger partial charge in [0.05, 0.1) is 0 Å². The second-order valence-electron chi connectivity index (χ2n) is 10.7. The molecule has 2 aliphatic rings. The van der Waals surface area contributed by atoms with Crippen molar-refractivity contribution in [2.75, 3.05) is 0 Å². The first-order chi connectivity index (χ1) is 14.6. The molecule has 3 aromatic carbocycles. The molecule has 5 rings (SSSR count). The van der Waals surface area contributed by atoms with Crippen LogP contribution < -0.4 is 24.8 Å². The van der Waals surface area contributed by atoms with Gasteiger partial charge >= 0.3 is 43.0 Å². The third-order valence-corrected chi connectivity index (χ3v) is 6.82. The van der Waals surface area contributed by atoms with Crippen molar-refractivity contribution in [2.24, 2.45) is 0 Å². The Hall–Kier alpha value is -1.05. The second-order valence-corrected chi connectivity index (χ2v) is 11.9. The van der Waals surface area contributed by atoms with Crippen LogP contribution >= 0.6 is 0 Å². The Morgan fingerprint density at radius 2 is 1.36 bits per heavy atom. The van der Waals surface area contributed by atoms with Gasteiger partial charge in [-0.05, 0) is 17.4 Å². The third kappa shape index (κ3) is 8.29. The van der Waals surface area contributed by atoms with Gasteiger partial charge in [0, 0.05) is 0 Å². The molecule has 0 heterocycles. The maximum atomic E-state index is 3.53. The minimum atomic E-state index is 0. The van der Waals surface area contributed by atoms with E-state index in [1.165, 1.54) is 52.6 Å². The Balaban J connectivity index is 0.000000375. The Bertz CT molecular complexity index is 934. The predicted molar refractivity (Wildman–Crippen MR) is 132 cm³/mol. The van der Waals surface area contributed by atoms with Crippen LogP contribution in [0, 0.1) is 6.07 Å². The molecule has 3 aromatic rings.